The lowest BCUT2D eigenvalue weighted by atomic mass is 10.2. The van der Waals surface area contributed by atoms with Gasteiger partial charge in [-0.3, -0.25) is 14.9 Å². The van der Waals surface area contributed by atoms with Crippen LogP contribution in [0.3, 0.4) is 0 Å². The summed E-state index contributed by atoms with van der Waals surface area (Å²) in [6.45, 7) is 2.67. The zero-order chi connectivity index (χ0) is 18.1. The second-order valence-electron chi connectivity index (χ2n) is 5.95. The first kappa shape index (κ1) is 16.7. The average molecular weight is 366 g/mol. The number of anilines is 2. The van der Waals surface area contributed by atoms with Crippen molar-refractivity contribution in [2.45, 2.75) is 18.4 Å². The van der Waals surface area contributed by atoms with E-state index >= 15 is 0 Å². The van der Waals surface area contributed by atoms with Crippen LogP contribution in [0, 0.1) is 0 Å². The third kappa shape index (κ3) is 2.94. The Bertz CT molecular complexity index is 998. The molecule has 0 saturated heterocycles. The molecule has 0 unspecified atom stereocenters. The number of nitrogens with zero attached hydrogens (tertiary/aromatic N) is 3. The molecule has 2 heterocycles. The van der Waals surface area contributed by atoms with Gasteiger partial charge in [-0.05, 0) is 31.2 Å². The van der Waals surface area contributed by atoms with E-state index in [0.29, 0.717) is 18.2 Å². The first-order valence-corrected chi connectivity index (χ1v) is 9.43. The number of imidazole rings is 1. The van der Waals surface area contributed by atoms with Gasteiger partial charge in [0.2, 0.25) is 17.8 Å². The monoisotopic (exact) mass is 366 g/mol. The molecule has 132 valence electrons. The molecule has 0 saturated carbocycles. The van der Waals surface area contributed by atoms with Crippen LogP contribution in [0.25, 0.3) is 11.0 Å². The molecule has 0 radical (unpaired) electrons. The van der Waals surface area contributed by atoms with Crippen LogP contribution in [0.15, 0.2) is 53.4 Å². The molecule has 4 rings (SSSR count). The number of nitrogens with one attached hydrogen (secondary N) is 1. The Morgan fingerprint density at radius 1 is 1.19 bits per heavy atom. The summed E-state index contributed by atoms with van der Waals surface area (Å²) in [5.74, 6) is 0.529. The summed E-state index contributed by atoms with van der Waals surface area (Å²) in [6, 6.07) is 15.4. The van der Waals surface area contributed by atoms with Gasteiger partial charge < -0.3 is 9.47 Å². The minimum absolute atomic E-state index is 0.0245. The first-order valence-electron chi connectivity index (χ1n) is 8.44. The summed E-state index contributed by atoms with van der Waals surface area (Å²) in [5, 5.41) is 2.86. The molecule has 0 fully saturated rings. The molecule has 0 aliphatic carbocycles. The van der Waals surface area contributed by atoms with Gasteiger partial charge in [-0.1, -0.05) is 24.3 Å². The lowest BCUT2D eigenvalue weighted by Crippen LogP contribution is -2.41. The number of thioether (sulfide) groups is 1. The number of aromatic nitrogens is 2. The highest BCUT2D eigenvalue weighted by atomic mass is 32.2. The number of hydrogen-bond donors (Lipinski definition) is 1. The van der Waals surface area contributed by atoms with E-state index in [9.17, 15) is 9.59 Å². The van der Waals surface area contributed by atoms with Crippen LogP contribution in [-0.2, 0) is 16.1 Å². The van der Waals surface area contributed by atoms with Gasteiger partial charge >= 0.3 is 0 Å². The molecule has 1 aliphatic heterocycles. The van der Waals surface area contributed by atoms with Crippen molar-refractivity contribution in [1.29, 1.82) is 0 Å². The minimum Gasteiger partial charge on any atom is -0.310 e. The Morgan fingerprint density at radius 2 is 1.96 bits per heavy atom. The SMILES string of the molecule is CCn1c(NC(=O)CN2C(=O)CSc3ccccc32)nc2ccccc21. The van der Waals surface area contributed by atoms with Crippen LogP contribution in [0.1, 0.15) is 6.92 Å². The van der Waals surface area contributed by atoms with Gasteiger partial charge in [0.15, 0.2) is 0 Å². The van der Waals surface area contributed by atoms with Gasteiger partial charge in [0.1, 0.15) is 6.54 Å². The minimum atomic E-state index is -0.259. The third-order valence-corrected chi connectivity index (χ3v) is 5.38. The highest BCUT2D eigenvalue weighted by Crippen LogP contribution is 2.34. The number of aryl methyl sites for hydroxylation is 1. The quantitative estimate of drug-likeness (QED) is 0.770. The summed E-state index contributed by atoms with van der Waals surface area (Å²) < 4.78 is 1.95. The molecule has 1 N–H and O–H groups in total. The van der Waals surface area contributed by atoms with Crippen molar-refractivity contribution in [2.24, 2.45) is 0 Å². The van der Waals surface area contributed by atoms with Crippen LogP contribution in [0.5, 0.6) is 0 Å². The van der Waals surface area contributed by atoms with E-state index in [4.69, 9.17) is 0 Å². The molecule has 0 atom stereocenters. The van der Waals surface area contributed by atoms with E-state index in [2.05, 4.69) is 10.3 Å². The molecule has 1 aromatic heterocycles. The maximum absolute atomic E-state index is 12.6. The van der Waals surface area contributed by atoms with Crippen molar-refractivity contribution in [2.75, 3.05) is 22.5 Å². The molecule has 0 bridgehead atoms. The van der Waals surface area contributed by atoms with Crippen molar-refractivity contribution in [1.82, 2.24) is 9.55 Å². The normalized spacial score (nSPS) is 13.7. The number of amides is 2. The van der Waals surface area contributed by atoms with Gasteiger partial charge in [-0.25, -0.2) is 4.98 Å². The van der Waals surface area contributed by atoms with Crippen molar-refractivity contribution in [3.8, 4) is 0 Å². The highest BCUT2D eigenvalue weighted by molar-refractivity contribution is 8.00. The van der Waals surface area contributed by atoms with E-state index in [1.807, 2.05) is 60.0 Å². The van der Waals surface area contributed by atoms with Gasteiger partial charge in [0.05, 0.1) is 22.5 Å². The molecule has 2 amide bonds. The maximum Gasteiger partial charge on any atom is 0.246 e. The Labute approximate surface area is 155 Å². The zero-order valence-electron chi connectivity index (χ0n) is 14.3. The summed E-state index contributed by atoms with van der Waals surface area (Å²) in [7, 11) is 0. The zero-order valence-corrected chi connectivity index (χ0v) is 15.1. The molecule has 6 nitrogen and oxygen atoms in total. The summed E-state index contributed by atoms with van der Waals surface area (Å²) >= 11 is 1.50. The maximum atomic E-state index is 12.6. The molecule has 0 spiro atoms. The predicted octanol–water partition coefficient (Wildman–Crippen LogP) is 3.13. The van der Waals surface area contributed by atoms with Crippen molar-refractivity contribution >= 4 is 46.2 Å². The van der Waals surface area contributed by atoms with Gasteiger partial charge in [0, 0.05) is 11.4 Å². The van der Waals surface area contributed by atoms with Gasteiger partial charge in [-0.15, -0.1) is 11.8 Å². The van der Waals surface area contributed by atoms with Gasteiger partial charge in [0.25, 0.3) is 0 Å². The van der Waals surface area contributed by atoms with Crippen molar-refractivity contribution in [3.05, 3.63) is 48.5 Å². The topological polar surface area (TPSA) is 67.2 Å². The first-order chi connectivity index (χ1) is 12.7. The van der Waals surface area contributed by atoms with Crippen LogP contribution >= 0.6 is 11.8 Å². The lowest BCUT2D eigenvalue weighted by Gasteiger charge is -2.28. The number of hydrogen-bond acceptors (Lipinski definition) is 4. The van der Waals surface area contributed by atoms with E-state index in [-0.39, 0.29) is 18.4 Å². The molecule has 26 heavy (non-hydrogen) atoms. The molecular weight excluding hydrogens is 348 g/mol. The van der Waals surface area contributed by atoms with E-state index in [1.165, 1.54) is 11.8 Å². The standard InChI is InChI=1S/C19H18N4O2S/c1-2-22-14-8-4-3-7-13(14)20-19(22)21-17(24)11-23-15-9-5-6-10-16(15)26-12-18(23)25/h3-10H,2,11-12H2,1H3,(H,20,21,24). The van der Waals surface area contributed by atoms with Crippen molar-refractivity contribution in [3.63, 3.8) is 0 Å². The second-order valence-corrected chi connectivity index (χ2v) is 6.97. The van der Waals surface area contributed by atoms with Gasteiger partial charge in [-0.2, -0.15) is 0 Å². The number of carbonyl (C=O) groups is 2. The second kappa shape index (κ2) is 6.84. The number of rotatable bonds is 4. The van der Waals surface area contributed by atoms with Crippen LogP contribution in [0.4, 0.5) is 11.6 Å². The summed E-state index contributed by atoms with van der Waals surface area (Å²) in [5.41, 5.74) is 2.59. The van der Waals surface area contributed by atoms with Crippen LogP contribution < -0.4 is 10.2 Å². The number of fused-ring (bicyclic) bond motifs is 2. The van der Waals surface area contributed by atoms with Crippen LogP contribution in [-0.4, -0.2) is 33.7 Å². The van der Waals surface area contributed by atoms with E-state index in [0.717, 1.165) is 21.6 Å². The smallest absolute Gasteiger partial charge is 0.246 e. The fourth-order valence-electron chi connectivity index (χ4n) is 3.13. The Kier molecular flexibility index (Phi) is 4.38. The predicted molar refractivity (Wildman–Crippen MR) is 104 cm³/mol. The number of carbonyl (C=O) groups excluding carboxylic acids is 2. The Morgan fingerprint density at radius 3 is 2.81 bits per heavy atom. The van der Waals surface area contributed by atoms with Crippen molar-refractivity contribution < 1.29 is 9.59 Å². The van der Waals surface area contributed by atoms with Crippen LogP contribution in [0.2, 0.25) is 0 Å². The highest BCUT2D eigenvalue weighted by Gasteiger charge is 2.26. The lowest BCUT2D eigenvalue weighted by molar-refractivity contribution is -0.120. The number of benzene rings is 2. The summed E-state index contributed by atoms with van der Waals surface area (Å²) in [4.78, 5) is 32.0. The molecule has 2 aromatic carbocycles. The van der Waals surface area contributed by atoms with E-state index in [1.54, 1.807) is 4.90 Å². The largest absolute Gasteiger partial charge is 0.310 e. The third-order valence-electron chi connectivity index (χ3n) is 4.33. The molecule has 7 heteroatoms. The molecule has 3 aromatic rings. The van der Waals surface area contributed by atoms with E-state index < -0.39 is 0 Å². The Hall–Kier alpha value is -2.80. The fourth-order valence-corrected chi connectivity index (χ4v) is 4.06. The molecular formula is C19H18N4O2S. The average Bonchev–Trinajstić information content (AvgIpc) is 3.01. The fraction of sp³-hybridized carbons (Fsp3) is 0.211. The number of para-hydroxylation sites is 3. The molecule has 1 aliphatic rings. The Balaban J connectivity index is 1.57. The summed E-state index contributed by atoms with van der Waals surface area (Å²) in [6.07, 6.45) is 0.